The molecule has 1 heterocycles. The van der Waals surface area contributed by atoms with E-state index >= 15 is 0 Å². The lowest BCUT2D eigenvalue weighted by molar-refractivity contribution is 0.0497. The average molecular weight is 306 g/mol. The first kappa shape index (κ1) is 16.6. The van der Waals surface area contributed by atoms with E-state index in [0.717, 1.165) is 37.2 Å². The van der Waals surface area contributed by atoms with Crippen LogP contribution in [0.1, 0.15) is 39.2 Å². The molecule has 1 saturated heterocycles. The molecule has 0 saturated carbocycles. The quantitative estimate of drug-likeness (QED) is 0.901. The highest BCUT2D eigenvalue weighted by molar-refractivity contribution is 5.68. The molecule has 22 heavy (non-hydrogen) atoms. The molecule has 122 valence electrons. The maximum absolute atomic E-state index is 11.8. The summed E-state index contributed by atoms with van der Waals surface area (Å²) in [5.41, 5.74) is 1.62. The van der Waals surface area contributed by atoms with Crippen LogP contribution in [0.5, 0.6) is 0 Å². The van der Waals surface area contributed by atoms with Crippen LogP contribution in [0.15, 0.2) is 24.3 Å². The number of aliphatic hydroxyl groups excluding tert-OH is 1. The van der Waals surface area contributed by atoms with Crippen molar-refractivity contribution in [3.63, 3.8) is 0 Å². The van der Waals surface area contributed by atoms with Gasteiger partial charge in [-0.15, -0.1) is 0 Å². The molecule has 0 aromatic heterocycles. The number of nitrogens with zero attached hydrogens (tertiary/aromatic N) is 1. The van der Waals surface area contributed by atoms with Gasteiger partial charge in [0, 0.05) is 24.8 Å². The first-order valence-electron chi connectivity index (χ1n) is 7.81. The average Bonchev–Trinajstić information content (AvgIpc) is 2.46. The highest BCUT2D eigenvalue weighted by atomic mass is 16.6. The van der Waals surface area contributed by atoms with Crippen molar-refractivity contribution in [1.29, 1.82) is 0 Å². The van der Waals surface area contributed by atoms with Crippen molar-refractivity contribution >= 4 is 11.8 Å². The summed E-state index contributed by atoms with van der Waals surface area (Å²) in [5.74, 6) is 0. The topological polar surface area (TPSA) is 61.8 Å². The molecule has 0 radical (unpaired) electrons. The van der Waals surface area contributed by atoms with Gasteiger partial charge in [0.05, 0.1) is 6.61 Å². The molecule has 5 nitrogen and oxygen atoms in total. The van der Waals surface area contributed by atoms with Crippen LogP contribution in [0.3, 0.4) is 0 Å². The molecule has 1 amide bonds. The maximum atomic E-state index is 11.8. The SMILES string of the molecule is CC(C)(C)OC(=O)NC1CCN(c2ccc(CO)cc2)CC1. The van der Waals surface area contributed by atoms with Gasteiger partial charge in [0.2, 0.25) is 0 Å². The van der Waals surface area contributed by atoms with Crippen LogP contribution in [0, 0.1) is 0 Å². The summed E-state index contributed by atoms with van der Waals surface area (Å²) in [5, 5.41) is 12.0. The molecular weight excluding hydrogens is 280 g/mol. The molecule has 1 aliphatic heterocycles. The van der Waals surface area contributed by atoms with Gasteiger partial charge in [0.15, 0.2) is 0 Å². The summed E-state index contributed by atoms with van der Waals surface area (Å²) in [6.07, 6.45) is 1.47. The molecule has 0 unspecified atom stereocenters. The van der Waals surface area contributed by atoms with Gasteiger partial charge in [-0.05, 0) is 51.3 Å². The van der Waals surface area contributed by atoms with Crippen molar-refractivity contribution in [1.82, 2.24) is 5.32 Å². The Morgan fingerprint density at radius 2 is 1.86 bits per heavy atom. The van der Waals surface area contributed by atoms with Gasteiger partial charge in [-0.2, -0.15) is 0 Å². The van der Waals surface area contributed by atoms with Crippen molar-refractivity contribution < 1.29 is 14.6 Å². The van der Waals surface area contributed by atoms with Crippen LogP contribution in [0.25, 0.3) is 0 Å². The minimum absolute atomic E-state index is 0.0716. The summed E-state index contributed by atoms with van der Waals surface area (Å²) >= 11 is 0. The van der Waals surface area contributed by atoms with E-state index in [2.05, 4.69) is 10.2 Å². The first-order valence-corrected chi connectivity index (χ1v) is 7.81. The summed E-state index contributed by atoms with van der Waals surface area (Å²) in [6, 6.07) is 8.13. The third kappa shape index (κ3) is 4.91. The molecule has 0 bridgehead atoms. The molecule has 0 atom stereocenters. The number of anilines is 1. The highest BCUT2D eigenvalue weighted by Crippen LogP contribution is 2.21. The normalized spacial score (nSPS) is 16.5. The summed E-state index contributed by atoms with van der Waals surface area (Å²) < 4.78 is 5.29. The van der Waals surface area contributed by atoms with Gasteiger partial charge in [-0.3, -0.25) is 0 Å². The number of rotatable bonds is 3. The van der Waals surface area contributed by atoms with Crippen molar-refractivity contribution in [2.45, 2.75) is 51.9 Å². The fourth-order valence-corrected chi connectivity index (χ4v) is 2.57. The number of hydrogen-bond acceptors (Lipinski definition) is 4. The fourth-order valence-electron chi connectivity index (χ4n) is 2.57. The zero-order valence-corrected chi connectivity index (χ0v) is 13.6. The van der Waals surface area contributed by atoms with Crippen LogP contribution in [0.2, 0.25) is 0 Å². The van der Waals surface area contributed by atoms with Gasteiger partial charge in [-0.25, -0.2) is 4.79 Å². The van der Waals surface area contributed by atoms with E-state index in [-0.39, 0.29) is 18.7 Å². The van der Waals surface area contributed by atoms with E-state index in [1.807, 2.05) is 45.0 Å². The lowest BCUT2D eigenvalue weighted by atomic mass is 10.0. The van der Waals surface area contributed by atoms with Crippen LogP contribution in [0.4, 0.5) is 10.5 Å². The second kappa shape index (κ2) is 7.01. The maximum Gasteiger partial charge on any atom is 0.407 e. The molecule has 2 rings (SSSR count). The third-order valence-corrected chi connectivity index (χ3v) is 3.70. The number of ether oxygens (including phenoxy) is 1. The number of carbonyl (C=O) groups excluding carboxylic acids is 1. The minimum Gasteiger partial charge on any atom is -0.444 e. The van der Waals surface area contributed by atoms with Gasteiger partial charge < -0.3 is 20.1 Å². The Balaban J connectivity index is 1.81. The summed E-state index contributed by atoms with van der Waals surface area (Å²) in [6.45, 7) is 7.47. The number of amides is 1. The molecule has 0 spiro atoms. The van der Waals surface area contributed by atoms with Crippen LogP contribution in [-0.2, 0) is 11.3 Å². The number of nitrogens with one attached hydrogen (secondary N) is 1. The van der Waals surface area contributed by atoms with Gasteiger partial charge in [-0.1, -0.05) is 12.1 Å². The van der Waals surface area contributed by atoms with E-state index in [4.69, 9.17) is 9.84 Å². The molecule has 1 aromatic carbocycles. The molecule has 1 fully saturated rings. The van der Waals surface area contributed by atoms with E-state index in [9.17, 15) is 4.79 Å². The second-order valence-electron chi connectivity index (χ2n) is 6.73. The predicted octanol–water partition coefficient (Wildman–Crippen LogP) is 2.67. The second-order valence-corrected chi connectivity index (χ2v) is 6.73. The Morgan fingerprint density at radius 3 is 2.36 bits per heavy atom. The number of alkyl carbamates (subject to hydrolysis) is 1. The van der Waals surface area contributed by atoms with Crippen molar-refractivity contribution in [3.05, 3.63) is 29.8 Å². The molecule has 1 aromatic rings. The lowest BCUT2D eigenvalue weighted by Gasteiger charge is -2.34. The standard InChI is InChI=1S/C17H26N2O3/c1-17(2,3)22-16(21)18-14-8-10-19(11-9-14)15-6-4-13(12-20)5-7-15/h4-7,14,20H,8-12H2,1-3H3,(H,18,21). The number of hydrogen-bond donors (Lipinski definition) is 2. The zero-order chi connectivity index (χ0) is 16.2. The lowest BCUT2D eigenvalue weighted by Crippen LogP contribution is -2.46. The van der Waals surface area contributed by atoms with Crippen LogP contribution < -0.4 is 10.2 Å². The Bertz CT molecular complexity index is 486. The Kier molecular flexibility index (Phi) is 5.29. The van der Waals surface area contributed by atoms with Crippen molar-refractivity contribution in [2.24, 2.45) is 0 Å². The van der Waals surface area contributed by atoms with Gasteiger partial charge in [0.1, 0.15) is 5.60 Å². The zero-order valence-electron chi connectivity index (χ0n) is 13.6. The predicted molar refractivity (Wildman–Crippen MR) is 87.0 cm³/mol. The molecular formula is C17H26N2O3. The number of carbonyl (C=O) groups is 1. The Labute approximate surface area is 132 Å². The van der Waals surface area contributed by atoms with Crippen molar-refractivity contribution in [3.8, 4) is 0 Å². The number of benzene rings is 1. The number of piperidine rings is 1. The van der Waals surface area contributed by atoms with E-state index in [1.54, 1.807) is 0 Å². The minimum atomic E-state index is -0.459. The van der Waals surface area contributed by atoms with E-state index in [1.165, 1.54) is 0 Å². The summed E-state index contributed by atoms with van der Waals surface area (Å²) in [4.78, 5) is 14.1. The fraction of sp³-hybridized carbons (Fsp3) is 0.588. The van der Waals surface area contributed by atoms with Crippen LogP contribution in [-0.4, -0.2) is 35.9 Å². The van der Waals surface area contributed by atoms with Gasteiger partial charge in [0.25, 0.3) is 0 Å². The van der Waals surface area contributed by atoms with Crippen molar-refractivity contribution in [2.75, 3.05) is 18.0 Å². The molecule has 2 N–H and O–H groups in total. The molecule has 0 aliphatic carbocycles. The smallest absolute Gasteiger partial charge is 0.407 e. The largest absolute Gasteiger partial charge is 0.444 e. The van der Waals surface area contributed by atoms with Gasteiger partial charge >= 0.3 is 6.09 Å². The Hall–Kier alpha value is -1.75. The van der Waals surface area contributed by atoms with Crippen LogP contribution >= 0.6 is 0 Å². The first-order chi connectivity index (χ1) is 10.4. The Morgan fingerprint density at radius 1 is 1.27 bits per heavy atom. The molecule has 1 aliphatic rings. The monoisotopic (exact) mass is 306 g/mol. The highest BCUT2D eigenvalue weighted by Gasteiger charge is 2.23. The third-order valence-electron chi connectivity index (χ3n) is 3.70. The molecule has 5 heteroatoms. The number of aliphatic hydroxyl groups is 1. The van der Waals surface area contributed by atoms with E-state index in [0.29, 0.717) is 0 Å². The summed E-state index contributed by atoms with van der Waals surface area (Å²) in [7, 11) is 0. The van der Waals surface area contributed by atoms with E-state index < -0.39 is 5.60 Å².